The maximum Gasteiger partial charge on any atom is 0.326 e. The second-order valence-electron chi connectivity index (χ2n) is 19.4. The van der Waals surface area contributed by atoms with Crippen LogP contribution in [0, 0.1) is 35.5 Å². The minimum atomic E-state index is -1.23. The van der Waals surface area contributed by atoms with E-state index in [0.29, 0.717) is 5.56 Å². The Bertz CT molecular complexity index is 1940. The van der Waals surface area contributed by atoms with Gasteiger partial charge in [0, 0.05) is 0 Å². The highest BCUT2D eigenvalue weighted by molar-refractivity contribution is 5.97. The van der Waals surface area contributed by atoms with Gasteiger partial charge in [-0.1, -0.05) is 95.2 Å². The van der Waals surface area contributed by atoms with E-state index in [1.807, 2.05) is 13.8 Å². The molecule has 8 atom stereocenters. The minimum Gasteiger partial charge on any atom is -0.508 e. The molecule has 0 spiro atoms. The smallest absolute Gasteiger partial charge is 0.326 e. The molecule has 1 rings (SSSR count). The third kappa shape index (κ3) is 21.2. The molecule has 1 aromatic rings. The van der Waals surface area contributed by atoms with E-state index >= 15 is 0 Å². The molecule has 69 heavy (non-hydrogen) atoms. The van der Waals surface area contributed by atoms with Crippen molar-refractivity contribution < 1.29 is 58.2 Å². The highest BCUT2D eigenvalue weighted by Gasteiger charge is 2.36. The van der Waals surface area contributed by atoms with Crippen molar-refractivity contribution in [2.75, 3.05) is 13.1 Å². The van der Waals surface area contributed by atoms with Crippen LogP contribution in [0.4, 0.5) is 0 Å². The molecule has 0 aliphatic carbocycles. The first-order valence-electron chi connectivity index (χ1n) is 23.4. The number of aliphatic carboxylic acids is 1. The van der Waals surface area contributed by atoms with Crippen LogP contribution in [0.3, 0.4) is 0 Å². The molecular formula is C47H78N10O12. The number of hydrogen-bond acceptors (Lipinski definition) is 12. The lowest BCUT2D eigenvalue weighted by molar-refractivity contribution is -0.143. The first kappa shape index (κ1) is 60.7. The van der Waals surface area contributed by atoms with Crippen LogP contribution in [0.25, 0.3) is 0 Å². The summed E-state index contributed by atoms with van der Waals surface area (Å²) in [6.07, 6.45) is 0.367. The summed E-state index contributed by atoms with van der Waals surface area (Å²) < 4.78 is 0. The summed E-state index contributed by atoms with van der Waals surface area (Å²) in [6, 6.07) is -2.86. The maximum absolute atomic E-state index is 13.8. The van der Waals surface area contributed by atoms with Crippen molar-refractivity contribution in [3.63, 3.8) is 0 Å². The number of hydrogen-bond donors (Lipinski definition) is 12. The molecule has 0 aliphatic heterocycles. The molecule has 0 fully saturated rings. The van der Waals surface area contributed by atoms with Gasteiger partial charge in [-0.3, -0.25) is 43.2 Å². The van der Waals surface area contributed by atoms with Crippen molar-refractivity contribution in [1.82, 2.24) is 47.9 Å². The van der Waals surface area contributed by atoms with E-state index < -0.39 is 150 Å². The molecule has 1 aromatic carbocycles. The first-order valence-corrected chi connectivity index (χ1v) is 23.4. The van der Waals surface area contributed by atoms with Crippen LogP contribution in [0.2, 0.25) is 0 Å². The van der Waals surface area contributed by atoms with Gasteiger partial charge < -0.3 is 63.8 Å². The number of carbonyl (C=O) groups excluding carboxylic acids is 9. The van der Waals surface area contributed by atoms with Gasteiger partial charge in [-0.25, -0.2) is 4.79 Å². The van der Waals surface area contributed by atoms with Crippen molar-refractivity contribution in [2.24, 2.45) is 41.2 Å². The lowest BCUT2D eigenvalue weighted by atomic mass is 9.97. The molecule has 13 N–H and O–H groups in total. The van der Waals surface area contributed by atoms with Gasteiger partial charge in [0.05, 0.1) is 19.1 Å². The van der Waals surface area contributed by atoms with E-state index in [9.17, 15) is 58.2 Å². The average molecular weight is 975 g/mol. The summed E-state index contributed by atoms with van der Waals surface area (Å²) in [5, 5.41) is 41.8. The van der Waals surface area contributed by atoms with Crippen molar-refractivity contribution in [3.8, 4) is 5.75 Å². The van der Waals surface area contributed by atoms with Gasteiger partial charge in [0.25, 0.3) is 0 Å². The largest absolute Gasteiger partial charge is 0.508 e. The van der Waals surface area contributed by atoms with Crippen LogP contribution >= 0.6 is 0 Å². The molecule has 0 unspecified atom stereocenters. The molecule has 22 nitrogen and oxygen atoms in total. The molecule has 0 heterocycles. The van der Waals surface area contributed by atoms with E-state index in [0.717, 1.165) is 0 Å². The number of carboxylic acid groups (broad SMARTS) is 1. The number of nitrogens with two attached hydrogens (primary N) is 1. The third-order valence-corrected chi connectivity index (χ3v) is 10.9. The Morgan fingerprint density at radius 1 is 0.464 bits per heavy atom. The molecular weight excluding hydrogens is 897 g/mol. The lowest BCUT2D eigenvalue weighted by Gasteiger charge is -2.30. The van der Waals surface area contributed by atoms with Crippen molar-refractivity contribution in [2.45, 2.75) is 151 Å². The van der Waals surface area contributed by atoms with Gasteiger partial charge >= 0.3 is 5.97 Å². The van der Waals surface area contributed by atoms with E-state index in [1.54, 1.807) is 81.4 Å². The fourth-order valence-electron chi connectivity index (χ4n) is 6.77. The normalized spacial score (nSPS) is 14.9. The van der Waals surface area contributed by atoms with Gasteiger partial charge in [0.1, 0.15) is 48.0 Å². The zero-order valence-corrected chi connectivity index (χ0v) is 42.3. The molecule has 0 aromatic heterocycles. The van der Waals surface area contributed by atoms with Gasteiger partial charge in [-0.05, 0) is 73.0 Å². The molecule has 388 valence electrons. The fraction of sp³-hybridized carbons (Fsp3) is 0.660. The zero-order chi connectivity index (χ0) is 53.0. The summed E-state index contributed by atoms with van der Waals surface area (Å²) in [6.45, 7) is 20.5. The number of carbonyl (C=O) groups is 10. The van der Waals surface area contributed by atoms with E-state index in [-0.39, 0.29) is 24.5 Å². The lowest BCUT2D eigenvalue weighted by Crippen LogP contribution is -2.61. The Kier molecular flexibility index (Phi) is 25.4. The van der Waals surface area contributed by atoms with Crippen LogP contribution < -0.4 is 53.6 Å². The number of benzene rings is 1. The molecule has 22 heteroatoms. The predicted octanol–water partition coefficient (Wildman–Crippen LogP) is -0.681. The molecule has 0 saturated carbocycles. The van der Waals surface area contributed by atoms with Crippen LogP contribution in [0.15, 0.2) is 24.3 Å². The molecule has 9 amide bonds. The maximum atomic E-state index is 13.8. The van der Waals surface area contributed by atoms with Crippen LogP contribution in [0.5, 0.6) is 5.75 Å². The van der Waals surface area contributed by atoms with Crippen LogP contribution in [-0.2, 0) is 54.4 Å². The summed E-state index contributed by atoms with van der Waals surface area (Å²) in [5.41, 5.74) is 6.87. The van der Waals surface area contributed by atoms with Gasteiger partial charge in [0.15, 0.2) is 0 Å². The summed E-state index contributed by atoms with van der Waals surface area (Å²) in [4.78, 5) is 130. The molecule has 0 bridgehead atoms. The molecule has 0 saturated heterocycles. The predicted molar refractivity (Wildman–Crippen MR) is 256 cm³/mol. The highest BCUT2D eigenvalue weighted by atomic mass is 16.4. The second kappa shape index (κ2) is 28.9. The summed E-state index contributed by atoms with van der Waals surface area (Å²) in [5.74, 6) is -9.93. The molecule has 0 radical (unpaired) electrons. The number of aromatic hydroxyl groups is 1. The highest BCUT2D eigenvalue weighted by Crippen LogP contribution is 2.14. The van der Waals surface area contributed by atoms with Crippen molar-refractivity contribution in [1.29, 1.82) is 0 Å². The monoisotopic (exact) mass is 975 g/mol. The Hall–Kier alpha value is -6.32. The number of nitrogens with one attached hydrogen (secondary N) is 9. The van der Waals surface area contributed by atoms with Gasteiger partial charge in [0.2, 0.25) is 53.2 Å². The number of phenolic OH excluding ortho intramolecular Hbond substituents is 1. The second-order valence-corrected chi connectivity index (χ2v) is 19.4. The standard InChI is InChI=1S/C47H78N10O12/c1-22(2)18-32(52-41(62)31(48)19-29-14-16-30(58)17-15-29)42(63)55-37(25(7)8)45(66)57-38(26(9)10)46(67)56-36(24(5)6)44(65)49-20-33(59)51-28(13)40(61)54-35(23(3)4)43(64)50-21-34(60)53-39(27(11)12)47(68)69/h14-17,22-28,31-32,35-39,58H,18-21,48H2,1-13H3,(H,49,65)(H,50,64)(H,51,59)(H,52,62)(H,53,60)(H,54,61)(H,55,63)(H,56,67)(H,57,66)(H,68,69)/t28-,31-,32-,35-,36-,37-,38-,39-/m0/s1. The number of amides is 9. The Balaban J connectivity index is 2.94. The summed E-state index contributed by atoms with van der Waals surface area (Å²) >= 11 is 0. The van der Waals surface area contributed by atoms with Crippen LogP contribution in [-0.4, -0.2) is 131 Å². The Morgan fingerprint density at radius 2 is 0.841 bits per heavy atom. The third-order valence-electron chi connectivity index (χ3n) is 10.9. The topological polar surface area (TPSA) is 345 Å². The fourth-order valence-corrected chi connectivity index (χ4v) is 6.77. The van der Waals surface area contributed by atoms with E-state index in [2.05, 4.69) is 47.9 Å². The number of phenols is 1. The molecule has 0 aliphatic rings. The summed E-state index contributed by atoms with van der Waals surface area (Å²) in [7, 11) is 0. The quantitative estimate of drug-likeness (QED) is 0.0496. The van der Waals surface area contributed by atoms with Gasteiger partial charge in [-0.2, -0.15) is 0 Å². The van der Waals surface area contributed by atoms with Crippen molar-refractivity contribution in [3.05, 3.63) is 29.8 Å². The minimum absolute atomic E-state index is 0.0432. The zero-order valence-electron chi connectivity index (χ0n) is 42.3. The van der Waals surface area contributed by atoms with Crippen LogP contribution in [0.1, 0.15) is 102 Å². The first-order chi connectivity index (χ1) is 32.0. The van der Waals surface area contributed by atoms with Crippen molar-refractivity contribution >= 4 is 59.1 Å². The average Bonchev–Trinajstić information content (AvgIpc) is 3.24. The van der Waals surface area contributed by atoms with Gasteiger partial charge in [-0.15, -0.1) is 0 Å². The number of carboxylic acids is 1. The number of rotatable bonds is 28. The van der Waals surface area contributed by atoms with E-state index in [4.69, 9.17) is 5.73 Å². The Labute approximate surface area is 405 Å². The van der Waals surface area contributed by atoms with E-state index in [1.165, 1.54) is 19.1 Å². The SMILES string of the molecule is CC(C)C[C@H](NC(=O)[C@@H](N)Cc1ccc(O)cc1)C(=O)N[C@H](C(=O)N[C@H](C(=O)N[C@H](C(=O)NCC(=O)N[C@@H](C)C(=O)N[C@H](C(=O)NCC(=O)N[C@H](C(=O)O)C(C)C)C(C)C)C(C)C)C(C)C)C(C)C. The Morgan fingerprint density at radius 3 is 1.23 bits per heavy atom.